The van der Waals surface area contributed by atoms with E-state index in [-0.39, 0.29) is 0 Å². The summed E-state index contributed by atoms with van der Waals surface area (Å²) in [4.78, 5) is 6.18. The second kappa shape index (κ2) is 4.47. The first-order valence-corrected chi connectivity index (χ1v) is 6.10. The van der Waals surface area contributed by atoms with Crippen molar-refractivity contribution in [1.29, 1.82) is 0 Å². The van der Waals surface area contributed by atoms with Gasteiger partial charge in [0, 0.05) is 13.1 Å². The number of nitrogens with zero attached hydrogens (tertiary/aromatic N) is 2. The highest BCUT2D eigenvalue weighted by Gasteiger charge is 2.20. The van der Waals surface area contributed by atoms with Crippen LogP contribution < -0.4 is 0 Å². The van der Waals surface area contributed by atoms with Crippen molar-refractivity contribution in [2.45, 2.75) is 25.5 Å². The molecule has 1 fully saturated rings. The fourth-order valence-electron chi connectivity index (χ4n) is 2.41. The van der Waals surface area contributed by atoms with Crippen LogP contribution >= 0.6 is 0 Å². The molecule has 4 heteroatoms. The molecule has 2 heterocycles. The fourth-order valence-corrected chi connectivity index (χ4v) is 2.41. The Morgan fingerprint density at radius 1 is 1.24 bits per heavy atom. The molecule has 1 aliphatic heterocycles. The third-order valence-electron chi connectivity index (χ3n) is 3.39. The molecule has 0 aliphatic carbocycles. The summed E-state index contributed by atoms with van der Waals surface area (Å²) in [6.07, 6.45) is 4.51. The summed E-state index contributed by atoms with van der Waals surface area (Å²) in [5.74, 6) is 0. The number of rotatable bonds is 2. The van der Waals surface area contributed by atoms with Crippen molar-refractivity contribution in [3.05, 3.63) is 30.2 Å². The summed E-state index contributed by atoms with van der Waals surface area (Å²) in [6, 6.07) is 5.69. The van der Waals surface area contributed by atoms with E-state index in [9.17, 15) is 5.11 Å². The fraction of sp³-hybridized carbons (Fsp3) is 0.462. The van der Waals surface area contributed by atoms with Gasteiger partial charge < -0.3 is 9.52 Å². The third-order valence-corrected chi connectivity index (χ3v) is 3.39. The highest BCUT2D eigenvalue weighted by molar-refractivity contribution is 5.72. The number of likely N-dealkylation sites (tertiary alicyclic amines) is 1. The quantitative estimate of drug-likeness (QED) is 0.863. The van der Waals surface area contributed by atoms with Gasteiger partial charge in [-0.2, -0.15) is 0 Å². The van der Waals surface area contributed by atoms with Crippen LogP contribution in [0.5, 0.6) is 0 Å². The van der Waals surface area contributed by atoms with Crippen molar-refractivity contribution in [3.8, 4) is 0 Å². The van der Waals surface area contributed by atoms with Crippen molar-refractivity contribution >= 4 is 11.1 Å². The number of aliphatic hydroxyl groups excluding tert-OH is 1. The van der Waals surface area contributed by atoms with Crippen molar-refractivity contribution in [3.63, 3.8) is 0 Å². The van der Waals surface area contributed by atoms with Crippen LogP contribution in [0.1, 0.15) is 31.1 Å². The lowest BCUT2D eigenvalue weighted by Gasteiger charge is -2.31. The van der Waals surface area contributed by atoms with Gasteiger partial charge >= 0.3 is 0 Å². The molecule has 1 aromatic carbocycles. The van der Waals surface area contributed by atoms with Gasteiger partial charge in [-0.1, -0.05) is 12.5 Å². The highest BCUT2D eigenvalue weighted by atomic mass is 16.3. The Bertz CT molecular complexity index is 503. The van der Waals surface area contributed by atoms with E-state index < -0.39 is 6.23 Å². The standard InChI is InChI=1S/C13H16N2O2/c16-13(15-6-2-1-3-7-15)10-4-5-11-12(8-10)17-9-14-11/h4-5,8-9,13,16H,1-3,6-7H2. The van der Waals surface area contributed by atoms with Gasteiger partial charge in [-0.05, 0) is 30.5 Å². The lowest BCUT2D eigenvalue weighted by Crippen LogP contribution is -2.33. The van der Waals surface area contributed by atoms with Gasteiger partial charge in [0.2, 0.25) is 0 Å². The zero-order valence-corrected chi connectivity index (χ0v) is 9.67. The minimum atomic E-state index is -0.523. The summed E-state index contributed by atoms with van der Waals surface area (Å²) in [7, 11) is 0. The van der Waals surface area contributed by atoms with Crippen LogP contribution in [0, 0.1) is 0 Å². The van der Waals surface area contributed by atoms with E-state index in [0.717, 1.165) is 29.8 Å². The molecular formula is C13H16N2O2. The molecular weight excluding hydrogens is 216 g/mol. The third kappa shape index (κ3) is 2.06. The van der Waals surface area contributed by atoms with E-state index in [0.29, 0.717) is 0 Å². The average molecular weight is 232 g/mol. The van der Waals surface area contributed by atoms with E-state index in [1.807, 2.05) is 18.2 Å². The maximum absolute atomic E-state index is 10.3. The largest absolute Gasteiger partial charge is 0.443 e. The van der Waals surface area contributed by atoms with Crippen LogP contribution in [0.4, 0.5) is 0 Å². The predicted molar refractivity (Wildman–Crippen MR) is 64.4 cm³/mol. The Kier molecular flexibility index (Phi) is 2.82. The number of aliphatic hydroxyl groups is 1. The number of hydrogen-bond acceptors (Lipinski definition) is 4. The number of piperidine rings is 1. The predicted octanol–water partition coefficient (Wildman–Crippen LogP) is 2.30. The van der Waals surface area contributed by atoms with E-state index in [2.05, 4.69) is 9.88 Å². The van der Waals surface area contributed by atoms with Crippen LogP contribution in [-0.4, -0.2) is 28.1 Å². The lowest BCUT2D eigenvalue weighted by atomic mass is 10.1. The van der Waals surface area contributed by atoms with Crippen LogP contribution in [0.3, 0.4) is 0 Å². The Balaban J connectivity index is 1.86. The van der Waals surface area contributed by atoms with Crippen LogP contribution in [0.15, 0.2) is 29.0 Å². The van der Waals surface area contributed by atoms with Gasteiger partial charge in [-0.25, -0.2) is 4.98 Å². The monoisotopic (exact) mass is 232 g/mol. The zero-order chi connectivity index (χ0) is 11.7. The number of oxazole rings is 1. The maximum Gasteiger partial charge on any atom is 0.181 e. The molecule has 17 heavy (non-hydrogen) atoms. The van der Waals surface area contributed by atoms with Crippen LogP contribution in [0.2, 0.25) is 0 Å². The Morgan fingerprint density at radius 3 is 2.88 bits per heavy atom. The Hall–Kier alpha value is -1.39. The second-order valence-corrected chi connectivity index (χ2v) is 4.55. The molecule has 0 bridgehead atoms. The summed E-state index contributed by atoms with van der Waals surface area (Å²) < 4.78 is 5.26. The van der Waals surface area contributed by atoms with Crippen molar-refractivity contribution in [2.24, 2.45) is 0 Å². The van der Waals surface area contributed by atoms with Gasteiger partial charge in [0.1, 0.15) is 11.7 Å². The van der Waals surface area contributed by atoms with Gasteiger partial charge in [0.15, 0.2) is 12.0 Å². The molecule has 0 radical (unpaired) electrons. The molecule has 2 aromatic rings. The number of hydrogen-bond donors (Lipinski definition) is 1. The molecule has 0 spiro atoms. The van der Waals surface area contributed by atoms with E-state index >= 15 is 0 Å². The minimum Gasteiger partial charge on any atom is -0.443 e. The molecule has 1 aliphatic rings. The Morgan fingerprint density at radius 2 is 2.06 bits per heavy atom. The molecule has 90 valence electrons. The molecule has 3 rings (SSSR count). The SMILES string of the molecule is OC(c1ccc2ncoc2c1)N1CCCCC1. The van der Waals surface area contributed by atoms with Gasteiger partial charge in [0.25, 0.3) is 0 Å². The zero-order valence-electron chi connectivity index (χ0n) is 9.67. The normalized spacial score (nSPS) is 19.6. The summed E-state index contributed by atoms with van der Waals surface area (Å²) >= 11 is 0. The number of fused-ring (bicyclic) bond motifs is 1. The molecule has 1 aromatic heterocycles. The molecule has 1 unspecified atom stereocenters. The first kappa shape index (κ1) is 10.7. The van der Waals surface area contributed by atoms with Crippen molar-refractivity contribution in [2.75, 3.05) is 13.1 Å². The van der Waals surface area contributed by atoms with Gasteiger partial charge in [0.05, 0.1) is 0 Å². The second-order valence-electron chi connectivity index (χ2n) is 4.55. The summed E-state index contributed by atoms with van der Waals surface area (Å²) in [5.41, 5.74) is 2.45. The first-order chi connectivity index (χ1) is 8.34. The number of benzene rings is 1. The molecule has 0 saturated carbocycles. The average Bonchev–Trinajstić information content (AvgIpc) is 2.86. The Labute approximate surface area is 99.9 Å². The van der Waals surface area contributed by atoms with Gasteiger partial charge in [-0.15, -0.1) is 0 Å². The summed E-state index contributed by atoms with van der Waals surface area (Å²) in [5, 5.41) is 10.3. The lowest BCUT2D eigenvalue weighted by molar-refractivity contribution is -0.00978. The molecule has 1 N–H and O–H groups in total. The van der Waals surface area contributed by atoms with Crippen LogP contribution in [-0.2, 0) is 0 Å². The molecule has 1 atom stereocenters. The van der Waals surface area contributed by atoms with E-state index in [1.54, 1.807) is 0 Å². The van der Waals surface area contributed by atoms with Gasteiger partial charge in [-0.3, -0.25) is 4.90 Å². The summed E-state index contributed by atoms with van der Waals surface area (Å²) in [6.45, 7) is 1.94. The molecule has 1 saturated heterocycles. The topological polar surface area (TPSA) is 49.5 Å². The maximum atomic E-state index is 10.3. The highest BCUT2D eigenvalue weighted by Crippen LogP contribution is 2.24. The number of aromatic nitrogens is 1. The van der Waals surface area contributed by atoms with E-state index in [4.69, 9.17) is 4.42 Å². The minimum absolute atomic E-state index is 0.523. The smallest absolute Gasteiger partial charge is 0.181 e. The molecule has 0 amide bonds. The van der Waals surface area contributed by atoms with E-state index in [1.165, 1.54) is 25.7 Å². The van der Waals surface area contributed by atoms with Crippen LogP contribution in [0.25, 0.3) is 11.1 Å². The van der Waals surface area contributed by atoms with Crippen molar-refractivity contribution < 1.29 is 9.52 Å². The van der Waals surface area contributed by atoms with Crippen molar-refractivity contribution in [1.82, 2.24) is 9.88 Å². The first-order valence-electron chi connectivity index (χ1n) is 6.10. The molecule has 4 nitrogen and oxygen atoms in total.